The lowest BCUT2D eigenvalue weighted by atomic mass is 9.80. The van der Waals surface area contributed by atoms with Crippen LogP contribution >= 0.6 is 11.6 Å². The molecule has 2 aromatic rings. The lowest BCUT2D eigenvalue weighted by molar-refractivity contribution is -0.126. The summed E-state index contributed by atoms with van der Waals surface area (Å²) < 4.78 is 0. The summed E-state index contributed by atoms with van der Waals surface area (Å²) in [4.78, 5) is 27.8. The number of halogens is 1. The van der Waals surface area contributed by atoms with Gasteiger partial charge in [0.25, 0.3) is 0 Å². The van der Waals surface area contributed by atoms with Crippen molar-refractivity contribution in [3.05, 3.63) is 59.1 Å². The summed E-state index contributed by atoms with van der Waals surface area (Å²) in [5.74, 6) is 0.142. The maximum Gasteiger partial charge on any atom is 0.230 e. The molecule has 1 aliphatic carbocycles. The predicted molar refractivity (Wildman–Crippen MR) is 113 cm³/mol. The Morgan fingerprint density at radius 3 is 2.36 bits per heavy atom. The average molecular weight is 397 g/mol. The fourth-order valence-corrected chi connectivity index (χ4v) is 4.68. The molecular weight excluding hydrogens is 372 g/mol. The summed E-state index contributed by atoms with van der Waals surface area (Å²) in [7, 11) is 0. The molecule has 4 rings (SSSR count). The first-order chi connectivity index (χ1) is 13.5. The number of anilines is 2. The number of nitrogens with zero attached hydrogens (tertiary/aromatic N) is 1. The first kappa shape index (κ1) is 19.0. The van der Waals surface area contributed by atoms with Crippen LogP contribution in [0.5, 0.6) is 0 Å². The first-order valence-corrected chi connectivity index (χ1v) is 10.4. The van der Waals surface area contributed by atoms with Crippen molar-refractivity contribution in [2.24, 2.45) is 11.8 Å². The van der Waals surface area contributed by atoms with Gasteiger partial charge in [0.1, 0.15) is 0 Å². The van der Waals surface area contributed by atoms with E-state index in [0.717, 1.165) is 37.8 Å². The zero-order valence-electron chi connectivity index (χ0n) is 16.0. The van der Waals surface area contributed by atoms with E-state index in [1.807, 2.05) is 41.3 Å². The SMILES string of the molecule is CC1Cc2ccccc2N1C(=O)C1CCC(C(=O)Nc2ccccc2Cl)CC1. The second kappa shape index (κ2) is 7.96. The lowest BCUT2D eigenvalue weighted by Crippen LogP contribution is -2.42. The molecule has 0 aromatic heterocycles. The van der Waals surface area contributed by atoms with E-state index in [-0.39, 0.29) is 29.7 Å². The van der Waals surface area contributed by atoms with Gasteiger partial charge in [0.05, 0.1) is 10.7 Å². The summed E-state index contributed by atoms with van der Waals surface area (Å²) in [6.07, 6.45) is 3.89. The van der Waals surface area contributed by atoms with Gasteiger partial charge < -0.3 is 10.2 Å². The standard InChI is InChI=1S/C23H25ClN2O2/c1-15-14-18-6-2-5-9-21(18)26(15)23(28)17-12-10-16(11-13-17)22(27)25-20-8-4-3-7-19(20)24/h2-9,15-17H,10-14H2,1H3,(H,25,27). The maximum atomic E-state index is 13.2. The number of fused-ring (bicyclic) bond motifs is 1. The molecule has 1 atom stereocenters. The zero-order valence-corrected chi connectivity index (χ0v) is 16.8. The number of carbonyl (C=O) groups excluding carboxylic acids is 2. The molecule has 1 aliphatic heterocycles. The quantitative estimate of drug-likeness (QED) is 0.788. The van der Waals surface area contributed by atoms with Crippen LogP contribution in [0, 0.1) is 11.8 Å². The highest BCUT2D eigenvalue weighted by Gasteiger charge is 2.37. The number of hydrogen-bond acceptors (Lipinski definition) is 2. The average Bonchev–Trinajstić information content (AvgIpc) is 3.05. The molecule has 2 aliphatic rings. The van der Waals surface area contributed by atoms with Crippen molar-refractivity contribution in [2.75, 3.05) is 10.2 Å². The van der Waals surface area contributed by atoms with Gasteiger partial charge >= 0.3 is 0 Å². The third-order valence-corrected chi connectivity index (χ3v) is 6.35. The molecule has 28 heavy (non-hydrogen) atoms. The van der Waals surface area contributed by atoms with Gasteiger partial charge in [-0.25, -0.2) is 0 Å². The van der Waals surface area contributed by atoms with Gasteiger partial charge in [0.15, 0.2) is 0 Å². The van der Waals surface area contributed by atoms with Crippen LogP contribution in [0.1, 0.15) is 38.2 Å². The van der Waals surface area contributed by atoms with Crippen molar-refractivity contribution in [3.8, 4) is 0 Å². The molecule has 2 aromatic carbocycles. The van der Waals surface area contributed by atoms with Crippen molar-refractivity contribution in [1.82, 2.24) is 0 Å². The molecule has 2 amide bonds. The Bertz CT molecular complexity index is 890. The minimum Gasteiger partial charge on any atom is -0.325 e. The van der Waals surface area contributed by atoms with E-state index in [2.05, 4.69) is 18.3 Å². The van der Waals surface area contributed by atoms with Crippen LogP contribution in [0.3, 0.4) is 0 Å². The molecule has 1 saturated carbocycles. The minimum absolute atomic E-state index is 0.00103. The Balaban J connectivity index is 1.37. The van der Waals surface area contributed by atoms with Crippen molar-refractivity contribution in [3.63, 3.8) is 0 Å². The summed E-state index contributed by atoms with van der Waals surface area (Å²) in [6, 6.07) is 15.6. The van der Waals surface area contributed by atoms with Crippen LogP contribution in [0.2, 0.25) is 5.02 Å². The van der Waals surface area contributed by atoms with Gasteiger partial charge in [-0.15, -0.1) is 0 Å². The largest absolute Gasteiger partial charge is 0.325 e. The number of benzene rings is 2. The smallest absolute Gasteiger partial charge is 0.230 e. The third-order valence-electron chi connectivity index (χ3n) is 6.02. The van der Waals surface area contributed by atoms with Crippen LogP contribution in [0.4, 0.5) is 11.4 Å². The van der Waals surface area contributed by atoms with Gasteiger partial charge in [0.2, 0.25) is 11.8 Å². The molecule has 1 fully saturated rings. The van der Waals surface area contributed by atoms with Crippen LogP contribution in [-0.4, -0.2) is 17.9 Å². The summed E-state index contributed by atoms with van der Waals surface area (Å²) >= 11 is 6.13. The second-order valence-electron chi connectivity index (χ2n) is 7.91. The maximum absolute atomic E-state index is 13.2. The van der Waals surface area contributed by atoms with Gasteiger partial charge in [-0.05, 0) is 62.8 Å². The number of hydrogen-bond donors (Lipinski definition) is 1. The van der Waals surface area contributed by atoms with Crippen molar-refractivity contribution < 1.29 is 9.59 Å². The fourth-order valence-electron chi connectivity index (χ4n) is 4.50. The molecule has 146 valence electrons. The van der Waals surface area contributed by atoms with E-state index in [0.29, 0.717) is 10.7 Å². The highest BCUT2D eigenvalue weighted by molar-refractivity contribution is 6.33. The van der Waals surface area contributed by atoms with Crippen LogP contribution in [0.25, 0.3) is 0 Å². The molecule has 1 heterocycles. The highest BCUT2D eigenvalue weighted by Crippen LogP contribution is 2.37. The molecule has 1 unspecified atom stereocenters. The van der Waals surface area contributed by atoms with Crippen molar-refractivity contribution in [1.29, 1.82) is 0 Å². The molecule has 0 bridgehead atoms. The Hall–Kier alpha value is -2.33. The van der Waals surface area contributed by atoms with E-state index in [9.17, 15) is 9.59 Å². The van der Waals surface area contributed by atoms with E-state index in [4.69, 9.17) is 11.6 Å². The van der Waals surface area contributed by atoms with E-state index in [1.165, 1.54) is 5.56 Å². The van der Waals surface area contributed by atoms with Gasteiger partial charge in [-0.3, -0.25) is 9.59 Å². The van der Waals surface area contributed by atoms with E-state index >= 15 is 0 Å². The molecular formula is C23H25ClN2O2. The number of para-hydroxylation sites is 2. The van der Waals surface area contributed by atoms with Crippen molar-refractivity contribution in [2.45, 2.75) is 45.1 Å². The van der Waals surface area contributed by atoms with Gasteiger partial charge in [-0.2, -0.15) is 0 Å². The van der Waals surface area contributed by atoms with E-state index < -0.39 is 0 Å². The lowest BCUT2D eigenvalue weighted by Gasteiger charge is -2.32. The van der Waals surface area contributed by atoms with Gasteiger partial charge in [-0.1, -0.05) is 41.9 Å². The Kier molecular flexibility index (Phi) is 5.40. The number of nitrogens with one attached hydrogen (secondary N) is 1. The summed E-state index contributed by atoms with van der Waals surface area (Å²) in [5.41, 5.74) is 2.95. The topological polar surface area (TPSA) is 49.4 Å². The number of carbonyl (C=O) groups is 2. The summed E-state index contributed by atoms with van der Waals surface area (Å²) in [5, 5.41) is 3.48. The monoisotopic (exact) mass is 396 g/mol. The van der Waals surface area contributed by atoms with Crippen molar-refractivity contribution >= 4 is 34.8 Å². The molecule has 0 saturated heterocycles. The van der Waals surface area contributed by atoms with E-state index in [1.54, 1.807) is 6.07 Å². The number of rotatable bonds is 3. The zero-order chi connectivity index (χ0) is 19.7. The molecule has 0 spiro atoms. The Morgan fingerprint density at radius 1 is 0.964 bits per heavy atom. The predicted octanol–water partition coefficient (Wildman–Crippen LogP) is 5.06. The molecule has 5 heteroatoms. The van der Waals surface area contributed by atoms with Crippen LogP contribution in [-0.2, 0) is 16.0 Å². The normalized spacial score (nSPS) is 23.9. The van der Waals surface area contributed by atoms with Crippen LogP contribution in [0.15, 0.2) is 48.5 Å². The fraction of sp³-hybridized carbons (Fsp3) is 0.391. The Morgan fingerprint density at radius 2 is 1.61 bits per heavy atom. The Labute approximate surface area is 170 Å². The third kappa shape index (κ3) is 3.66. The summed E-state index contributed by atoms with van der Waals surface area (Å²) in [6.45, 7) is 2.11. The molecule has 4 nitrogen and oxygen atoms in total. The second-order valence-corrected chi connectivity index (χ2v) is 8.31. The van der Waals surface area contributed by atoms with Crippen LogP contribution < -0.4 is 10.2 Å². The minimum atomic E-state index is -0.0661. The first-order valence-electron chi connectivity index (χ1n) is 10.0. The highest BCUT2D eigenvalue weighted by atomic mass is 35.5. The molecule has 1 N–H and O–H groups in total. The van der Waals surface area contributed by atoms with Gasteiger partial charge in [0, 0.05) is 23.6 Å². The molecule has 0 radical (unpaired) electrons. The number of amides is 2.